The van der Waals surface area contributed by atoms with Crippen LogP contribution in [0.5, 0.6) is 0 Å². The monoisotopic (exact) mass is 458 g/mol. The Bertz CT molecular complexity index is 1200. The van der Waals surface area contributed by atoms with Crippen molar-refractivity contribution in [3.05, 3.63) is 65.9 Å². The molecular formula is C22H20F2N4O5. The molecule has 0 unspecified atom stereocenters. The second-order valence-corrected chi connectivity index (χ2v) is 7.36. The van der Waals surface area contributed by atoms with Crippen LogP contribution in [-0.2, 0) is 4.79 Å². The van der Waals surface area contributed by atoms with E-state index in [1.54, 1.807) is 19.9 Å². The minimum absolute atomic E-state index is 0.00331. The summed E-state index contributed by atoms with van der Waals surface area (Å²) >= 11 is 0. The van der Waals surface area contributed by atoms with Gasteiger partial charge in [-0.3, -0.25) is 4.79 Å². The number of aliphatic carboxylic acids is 1. The molecule has 33 heavy (non-hydrogen) atoms. The highest BCUT2D eigenvalue weighted by atomic mass is 19.1. The Morgan fingerprint density at radius 3 is 2.36 bits per heavy atom. The number of carboxylic acids is 1. The lowest BCUT2D eigenvalue weighted by Gasteiger charge is -2.16. The lowest BCUT2D eigenvalue weighted by atomic mass is 10.0. The van der Waals surface area contributed by atoms with Crippen molar-refractivity contribution < 1.29 is 32.8 Å². The first-order chi connectivity index (χ1) is 15.7. The summed E-state index contributed by atoms with van der Waals surface area (Å²) in [6.45, 7) is 3.26. The van der Waals surface area contributed by atoms with E-state index >= 15 is 0 Å². The normalized spacial score (nSPS) is 11.7. The Morgan fingerprint density at radius 2 is 1.73 bits per heavy atom. The molecule has 0 aliphatic heterocycles. The van der Waals surface area contributed by atoms with Gasteiger partial charge >= 0.3 is 12.0 Å². The van der Waals surface area contributed by atoms with E-state index in [0.717, 1.165) is 6.07 Å². The summed E-state index contributed by atoms with van der Waals surface area (Å²) in [5.74, 6) is -4.07. The number of amides is 3. The summed E-state index contributed by atoms with van der Waals surface area (Å²) in [4.78, 5) is 35.5. The first kappa shape index (κ1) is 23.4. The smallest absolute Gasteiger partial charge is 0.326 e. The fourth-order valence-corrected chi connectivity index (χ4v) is 2.88. The summed E-state index contributed by atoms with van der Waals surface area (Å²) in [5, 5.41) is 19.8. The van der Waals surface area contributed by atoms with E-state index in [1.165, 1.54) is 36.4 Å². The first-order valence-electron chi connectivity index (χ1n) is 9.78. The number of halogens is 2. The molecule has 0 aliphatic carbocycles. The molecule has 3 amide bonds. The predicted octanol–water partition coefficient (Wildman–Crippen LogP) is 4.10. The Kier molecular flexibility index (Phi) is 7.01. The largest absolute Gasteiger partial charge is 0.480 e. The molecule has 4 N–H and O–H groups in total. The fraction of sp³-hybridized carbons (Fsp3) is 0.182. The van der Waals surface area contributed by atoms with E-state index in [4.69, 9.17) is 4.52 Å². The number of carboxylic acid groups (broad SMARTS) is 1. The van der Waals surface area contributed by atoms with E-state index in [0.29, 0.717) is 0 Å². The molecule has 2 aromatic carbocycles. The molecule has 0 radical (unpaired) electrons. The first-order valence-corrected chi connectivity index (χ1v) is 9.78. The van der Waals surface area contributed by atoms with Crippen molar-refractivity contribution in [2.24, 2.45) is 5.92 Å². The van der Waals surface area contributed by atoms with Crippen LogP contribution in [-0.4, -0.2) is 34.2 Å². The number of hydrogen-bond donors (Lipinski definition) is 4. The van der Waals surface area contributed by atoms with Crippen LogP contribution in [0.4, 0.5) is 25.0 Å². The molecule has 3 rings (SSSR count). The van der Waals surface area contributed by atoms with Gasteiger partial charge in [0.1, 0.15) is 23.4 Å². The van der Waals surface area contributed by atoms with E-state index in [-0.39, 0.29) is 34.3 Å². The van der Waals surface area contributed by atoms with Gasteiger partial charge in [0.15, 0.2) is 0 Å². The minimum atomic E-state index is -1.20. The van der Waals surface area contributed by atoms with E-state index < -0.39 is 35.6 Å². The Hall–Kier alpha value is -4.28. The number of carbonyl (C=O) groups excluding carboxylic acids is 2. The van der Waals surface area contributed by atoms with Crippen LogP contribution < -0.4 is 16.0 Å². The lowest BCUT2D eigenvalue weighted by Crippen LogP contribution is -2.44. The van der Waals surface area contributed by atoms with Crippen molar-refractivity contribution >= 4 is 29.3 Å². The van der Waals surface area contributed by atoms with Crippen molar-refractivity contribution in [2.45, 2.75) is 19.9 Å². The molecule has 1 heterocycles. The van der Waals surface area contributed by atoms with Crippen molar-refractivity contribution in [2.75, 3.05) is 10.6 Å². The number of nitrogens with one attached hydrogen (secondary N) is 3. The third-order valence-electron chi connectivity index (χ3n) is 4.58. The van der Waals surface area contributed by atoms with Crippen molar-refractivity contribution in [1.82, 2.24) is 10.5 Å². The zero-order chi connectivity index (χ0) is 24.1. The molecular weight excluding hydrogens is 438 g/mol. The zero-order valence-corrected chi connectivity index (χ0v) is 17.6. The van der Waals surface area contributed by atoms with Crippen LogP contribution in [0.25, 0.3) is 11.3 Å². The SMILES string of the molecule is CC(C)[C@H](NC(=O)c1cc(-c2ccc(NC(=O)Nc3ccccc3F)cc2F)no1)C(=O)O. The number of nitrogens with zero attached hydrogens (tertiary/aromatic N) is 1. The molecule has 9 nitrogen and oxygen atoms in total. The predicted molar refractivity (Wildman–Crippen MR) is 115 cm³/mol. The highest BCUT2D eigenvalue weighted by Crippen LogP contribution is 2.25. The second-order valence-electron chi connectivity index (χ2n) is 7.36. The summed E-state index contributed by atoms with van der Waals surface area (Å²) in [5.41, 5.74) is 0.0313. The van der Waals surface area contributed by atoms with E-state index in [1.807, 2.05) is 0 Å². The van der Waals surface area contributed by atoms with Crippen LogP contribution >= 0.6 is 0 Å². The number of carbonyl (C=O) groups is 3. The van der Waals surface area contributed by atoms with Crippen LogP contribution in [0.2, 0.25) is 0 Å². The van der Waals surface area contributed by atoms with Crippen molar-refractivity contribution in [3.8, 4) is 11.3 Å². The van der Waals surface area contributed by atoms with E-state index in [2.05, 4.69) is 21.1 Å². The number of benzene rings is 2. The van der Waals surface area contributed by atoms with Crippen LogP contribution in [0, 0.1) is 17.6 Å². The molecule has 11 heteroatoms. The average molecular weight is 458 g/mol. The maximum absolute atomic E-state index is 14.6. The maximum Gasteiger partial charge on any atom is 0.326 e. The standard InChI is InChI=1S/C22H20F2N4O5/c1-11(2)19(21(30)31)27-20(29)18-10-17(28-33-18)13-8-7-12(9-15(13)24)25-22(32)26-16-6-4-3-5-14(16)23/h3-11,19H,1-2H3,(H,27,29)(H,30,31)(H2,25,26,32)/t19-/m0/s1. The van der Waals surface area contributed by atoms with Crippen molar-refractivity contribution in [3.63, 3.8) is 0 Å². The van der Waals surface area contributed by atoms with Gasteiger partial charge in [-0.25, -0.2) is 18.4 Å². The van der Waals surface area contributed by atoms with Gasteiger partial charge in [0.25, 0.3) is 5.91 Å². The Labute approximate surface area is 186 Å². The minimum Gasteiger partial charge on any atom is -0.480 e. The molecule has 0 fully saturated rings. The number of rotatable bonds is 7. The lowest BCUT2D eigenvalue weighted by molar-refractivity contribution is -0.140. The topological polar surface area (TPSA) is 134 Å². The molecule has 172 valence electrons. The Balaban J connectivity index is 1.69. The van der Waals surface area contributed by atoms with Gasteiger partial charge in [0, 0.05) is 17.3 Å². The molecule has 3 aromatic rings. The zero-order valence-electron chi connectivity index (χ0n) is 17.6. The number of aromatic nitrogens is 1. The number of urea groups is 1. The van der Waals surface area contributed by atoms with Gasteiger partial charge < -0.3 is 25.6 Å². The van der Waals surface area contributed by atoms with Crippen LogP contribution in [0.15, 0.2) is 53.1 Å². The molecule has 0 saturated heterocycles. The molecule has 0 spiro atoms. The summed E-state index contributed by atoms with van der Waals surface area (Å²) < 4.78 is 33.2. The van der Waals surface area contributed by atoms with Crippen LogP contribution in [0.3, 0.4) is 0 Å². The number of para-hydroxylation sites is 1. The summed E-state index contributed by atoms with van der Waals surface area (Å²) in [7, 11) is 0. The third kappa shape index (κ3) is 5.70. The quantitative estimate of drug-likeness (QED) is 0.421. The van der Waals surface area contributed by atoms with Crippen molar-refractivity contribution in [1.29, 1.82) is 0 Å². The third-order valence-corrected chi connectivity index (χ3v) is 4.58. The second kappa shape index (κ2) is 9.90. The van der Waals surface area contributed by atoms with Gasteiger partial charge in [-0.05, 0) is 36.2 Å². The molecule has 0 saturated carbocycles. The summed E-state index contributed by atoms with van der Waals surface area (Å²) in [6, 6.07) is 8.54. The highest BCUT2D eigenvalue weighted by molar-refractivity contribution is 6.00. The van der Waals surface area contributed by atoms with E-state index in [9.17, 15) is 28.3 Å². The maximum atomic E-state index is 14.6. The summed E-state index contributed by atoms with van der Waals surface area (Å²) in [6.07, 6.45) is 0. The Morgan fingerprint density at radius 1 is 1.00 bits per heavy atom. The van der Waals surface area contributed by atoms with Gasteiger partial charge in [-0.2, -0.15) is 0 Å². The van der Waals surface area contributed by atoms with Gasteiger partial charge in [0.05, 0.1) is 5.69 Å². The van der Waals surface area contributed by atoms with Gasteiger partial charge in [-0.1, -0.05) is 31.1 Å². The molecule has 0 bridgehead atoms. The average Bonchev–Trinajstić information content (AvgIpc) is 3.23. The number of anilines is 2. The van der Waals surface area contributed by atoms with Gasteiger partial charge in [-0.15, -0.1) is 0 Å². The number of hydrogen-bond acceptors (Lipinski definition) is 5. The molecule has 1 atom stereocenters. The highest BCUT2D eigenvalue weighted by Gasteiger charge is 2.26. The van der Waals surface area contributed by atoms with Crippen LogP contribution in [0.1, 0.15) is 24.4 Å². The fourth-order valence-electron chi connectivity index (χ4n) is 2.88. The molecule has 1 aromatic heterocycles. The van der Waals surface area contributed by atoms with Gasteiger partial charge in [0.2, 0.25) is 5.76 Å². The molecule has 0 aliphatic rings.